The molecule has 0 aliphatic carbocycles. The molecule has 2 heterocycles. The van der Waals surface area contributed by atoms with E-state index in [0.717, 1.165) is 71.9 Å². The molecule has 1 fully saturated rings. The second kappa shape index (κ2) is 11.9. The second-order valence-corrected chi connectivity index (χ2v) is 9.46. The van der Waals surface area contributed by atoms with Gasteiger partial charge in [-0.25, -0.2) is 9.78 Å². The van der Waals surface area contributed by atoms with E-state index in [-0.39, 0.29) is 12.1 Å². The number of nitrogens with one attached hydrogen (secondary N) is 3. The Labute approximate surface area is 205 Å². The highest BCUT2D eigenvalue weighted by atomic mass is 32.2. The number of aromatic nitrogens is 1. The molecular weight excluding hydrogens is 446 g/mol. The molecule has 1 saturated heterocycles. The topological polar surface area (TPSA) is 78.5 Å². The molecule has 7 nitrogen and oxygen atoms in total. The minimum atomic E-state index is -0.148. The van der Waals surface area contributed by atoms with Crippen LogP contribution in [0.2, 0.25) is 0 Å². The standard InChI is InChI=1S/C26H33N5O2S/c1-33-24-6-4-3-5-20(24)18-27-25-10-7-19-17-22(8-9-23(19)30-25)29-26(32)28-21-11-13-31(14-12-21)15-16-34-2/h3-10,17,21H,11-16,18H2,1-2H3,(H,27,30)(H2,28,29,32). The van der Waals surface area contributed by atoms with Crippen LogP contribution in [0.3, 0.4) is 0 Å². The average molecular weight is 480 g/mol. The zero-order valence-electron chi connectivity index (χ0n) is 19.8. The van der Waals surface area contributed by atoms with Gasteiger partial charge >= 0.3 is 6.03 Å². The van der Waals surface area contributed by atoms with Gasteiger partial charge in [0.2, 0.25) is 0 Å². The molecule has 1 aromatic heterocycles. The number of carbonyl (C=O) groups excluding carboxylic acids is 1. The number of thioether (sulfide) groups is 1. The number of nitrogens with zero attached hydrogens (tertiary/aromatic N) is 2. The maximum atomic E-state index is 12.5. The first-order chi connectivity index (χ1) is 16.6. The average Bonchev–Trinajstić information content (AvgIpc) is 2.87. The third kappa shape index (κ3) is 6.55. The molecule has 1 aliphatic heterocycles. The molecule has 180 valence electrons. The number of hydrogen-bond donors (Lipinski definition) is 3. The number of urea groups is 1. The molecule has 0 atom stereocenters. The molecule has 4 rings (SSSR count). The van der Waals surface area contributed by atoms with Gasteiger partial charge in [0.25, 0.3) is 0 Å². The van der Waals surface area contributed by atoms with E-state index in [4.69, 9.17) is 9.72 Å². The van der Waals surface area contributed by atoms with Crippen molar-refractivity contribution in [1.29, 1.82) is 0 Å². The van der Waals surface area contributed by atoms with Crippen LogP contribution < -0.4 is 20.7 Å². The number of fused-ring (bicyclic) bond motifs is 1. The summed E-state index contributed by atoms with van der Waals surface area (Å²) < 4.78 is 5.41. The lowest BCUT2D eigenvalue weighted by molar-refractivity contribution is 0.204. The van der Waals surface area contributed by atoms with Crippen LogP contribution in [0.5, 0.6) is 5.75 Å². The molecule has 2 amide bonds. The Bertz CT molecular complexity index is 1100. The molecule has 3 aromatic rings. The maximum absolute atomic E-state index is 12.5. The van der Waals surface area contributed by atoms with Gasteiger partial charge in [0, 0.05) is 54.6 Å². The van der Waals surface area contributed by atoms with Gasteiger partial charge in [0.1, 0.15) is 11.6 Å². The molecule has 34 heavy (non-hydrogen) atoms. The number of amides is 2. The number of para-hydroxylation sites is 1. The summed E-state index contributed by atoms with van der Waals surface area (Å²) in [4.78, 5) is 19.7. The van der Waals surface area contributed by atoms with Gasteiger partial charge < -0.3 is 25.6 Å². The van der Waals surface area contributed by atoms with Gasteiger partial charge in [0.05, 0.1) is 12.6 Å². The van der Waals surface area contributed by atoms with E-state index in [2.05, 4.69) is 27.1 Å². The Morgan fingerprint density at radius 1 is 1.15 bits per heavy atom. The van der Waals surface area contributed by atoms with Crippen LogP contribution in [0.4, 0.5) is 16.3 Å². The molecule has 2 aromatic carbocycles. The van der Waals surface area contributed by atoms with Crippen LogP contribution in [0.15, 0.2) is 54.6 Å². The largest absolute Gasteiger partial charge is 0.496 e. The lowest BCUT2D eigenvalue weighted by Gasteiger charge is -2.32. The summed E-state index contributed by atoms with van der Waals surface area (Å²) in [6.07, 6.45) is 4.13. The predicted molar refractivity (Wildman–Crippen MR) is 142 cm³/mol. The smallest absolute Gasteiger partial charge is 0.319 e. The first-order valence-electron chi connectivity index (χ1n) is 11.7. The molecule has 0 radical (unpaired) electrons. The van der Waals surface area contributed by atoms with E-state index < -0.39 is 0 Å². The Balaban J connectivity index is 1.30. The van der Waals surface area contributed by atoms with Crippen LogP contribution in [-0.2, 0) is 6.54 Å². The summed E-state index contributed by atoms with van der Waals surface area (Å²) in [6, 6.07) is 17.8. The molecular formula is C26H33N5O2S. The van der Waals surface area contributed by atoms with E-state index in [0.29, 0.717) is 6.54 Å². The van der Waals surface area contributed by atoms with Crippen LogP contribution >= 0.6 is 11.8 Å². The van der Waals surface area contributed by atoms with E-state index in [1.165, 1.54) is 0 Å². The lowest BCUT2D eigenvalue weighted by atomic mass is 10.1. The fraction of sp³-hybridized carbons (Fsp3) is 0.385. The molecule has 0 spiro atoms. The molecule has 0 unspecified atom stereocenters. The van der Waals surface area contributed by atoms with E-state index >= 15 is 0 Å². The monoisotopic (exact) mass is 479 g/mol. The highest BCUT2D eigenvalue weighted by molar-refractivity contribution is 7.98. The van der Waals surface area contributed by atoms with Gasteiger partial charge in [-0.3, -0.25) is 0 Å². The number of anilines is 2. The van der Waals surface area contributed by atoms with Gasteiger partial charge in [0.15, 0.2) is 0 Å². The van der Waals surface area contributed by atoms with Crippen molar-refractivity contribution in [2.75, 3.05) is 49.4 Å². The number of methoxy groups -OCH3 is 1. The van der Waals surface area contributed by atoms with Crippen LogP contribution in [0.1, 0.15) is 18.4 Å². The minimum absolute atomic E-state index is 0.148. The number of pyridine rings is 1. The third-order valence-electron chi connectivity index (χ3n) is 6.13. The quantitative estimate of drug-likeness (QED) is 0.409. The Kier molecular flexibility index (Phi) is 8.49. The zero-order valence-corrected chi connectivity index (χ0v) is 20.7. The van der Waals surface area contributed by atoms with Crippen molar-refractivity contribution in [1.82, 2.24) is 15.2 Å². The summed E-state index contributed by atoms with van der Waals surface area (Å²) >= 11 is 1.88. The highest BCUT2D eigenvalue weighted by Gasteiger charge is 2.20. The number of hydrogen-bond acceptors (Lipinski definition) is 6. The molecule has 3 N–H and O–H groups in total. The third-order valence-corrected chi connectivity index (χ3v) is 6.72. The van der Waals surface area contributed by atoms with Crippen LogP contribution in [0, 0.1) is 0 Å². The first-order valence-corrected chi connectivity index (χ1v) is 13.1. The Hall–Kier alpha value is -2.97. The first kappa shape index (κ1) is 24.2. The number of likely N-dealkylation sites (tertiary alicyclic amines) is 1. The summed E-state index contributed by atoms with van der Waals surface area (Å²) in [5.74, 6) is 2.81. The second-order valence-electron chi connectivity index (χ2n) is 8.48. The Morgan fingerprint density at radius 3 is 2.76 bits per heavy atom. The summed E-state index contributed by atoms with van der Waals surface area (Å²) in [5, 5.41) is 10.4. The molecule has 0 saturated carbocycles. The van der Waals surface area contributed by atoms with Crippen LogP contribution in [-0.4, -0.2) is 60.7 Å². The minimum Gasteiger partial charge on any atom is -0.496 e. The maximum Gasteiger partial charge on any atom is 0.319 e. The van der Waals surface area contributed by atoms with E-state index in [9.17, 15) is 4.79 Å². The fourth-order valence-electron chi connectivity index (χ4n) is 4.21. The van der Waals surface area contributed by atoms with E-state index in [1.807, 2.05) is 66.4 Å². The van der Waals surface area contributed by atoms with Crippen molar-refractivity contribution in [2.24, 2.45) is 0 Å². The lowest BCUT2D eigenvalue weighted by Crippen LogP contribution is -2.46. The highest BCUT2D eigenvalue weighted by Crippen LogP contribution is 2.22. The molecule has 1 aliphatic rings. The van der Waals surface area contributed by atoms with Gasteiger partial charge in [-0.1, -0.05) is 18.2 Å². The van der Waals surface area contributed by atoms with Crippen LogP contribution in [0.25, 0.3) is 10.9 Å². The zero-order chi connectivity index (χ0) is 23.8. The van der Waals surface area contributed by atoms with Crippen molar-refractivity contribution in [2.45, 2.75) is 25.4 Å². The number of ether oxygens (including phenoxy) is 1. The number of benzene rings is 2. The molecule has 0 bridgehead atoms. The SMILES string of the molecule is COc1ccccc1CNc1ccc2cc(NC(=O)NC3CCN(CCSC)CC3)ccc2n1. The van der Waals surface area contributed by atoms with Gasteiger partial charge in [-0.15, -0.1) is 0 Å². The summed E-state index contributed by atoms with van der Waals surface area (Å²) in [7, 11) is 1.68. The number of carbonyl (C=O) groups is 1. The Morgan fingerprint density at radius 2 is 1.97 bits per heavy atom. The van der Waals surface area contributed by atoms with E-state index in [1.54, 1.807) is 7.11 Å². The summed E-state index contributed by atoms with van der Waals surface area (Å²) in [6.45, 7) is 3.84. The van der Waals surface area contributed by atoms with Gasteiger partial charge in [-0.05, 0) is 55.5 Å². The van der Waals surface area contributed by atoms with Crippen molar-refractivity contribution in [3.8, 4) is 5.75 Å². The van der Waals surface area contributed by atoms with Crippen molar-refractivity contribution in [3.05, 3.63) is 60.2 Å². The fourth-order valence-corrected chi connectivity index (χ4v) is 4.65. The van der Waals surface area contributed by atoms with Crippen molar-refractivity contribution < 1.29 is 9.53 Å². The van der Waals surface area contributed by atoms with Crippen molar-refractivity contribution in [3.63, 3.8) is 0 Å². The number of rotatable bonds is 9. The number of piperidine rings is 1. The van der Waals surface area contributed by atoms with Gasteiger partial charge in [-0.2, -0.15) is 11.8 Å². The summed E-state index contributed by atoms with van der Waals surface area (Å²) in [5.41, 5.74) is 2.70. The normalized spacial score (nSPS) is 14.6. The predicted octanol–water partition coefficient (Wildman–Crippen LogP) is 4.80. The molecule has 8 heteroatoms. The van der Waals surface area contributed by atoms with Crippen molar-refractivity contribution >= 4 is 40.2 Å².